The van der Waals surface area contributed by atoms with E-state index in [9.17, 15) is 13.0 Å². The average Bonchev–Trinajstić information content (AvgIpc) is 1.96. The van der Waals surface area contributed by atoms with Gasteiger partial charge in [-0.3, -0.25) is 9.05 Å². The third-order valence-corrected chi connectivity index (χ3v) is 6.11. The van der Waals surface area contributed by atoms with Crippen LogP contribution in [0.5, 0.6) is 0 Å². The Morgan fingerprint density at radius 3 is 1.53 bits per heavy atom. The standard InChI is InChI=1S/C9H22NO5PS/c1-7(2)14-16(11,15-8(3)4)10-17(12,13)9(5)6/h7-9H,1-6H3,(H,10,11). The Kier molecular flexibility index (Phi) is 6.31. The number of hydrogen-bond acceptors (Lipinski definition) is 5. The fourth-order valence-corrected chi connectivity index (χ4v) is 4.48. The van der Waals surface area contributed by atoms with Crippen LogP contribution in [0.1, 0.15) is 41.5 Å². The lowest BCUT2D eigenvalue weighted by Crippen LogP contribution is -2.31. The van der Waals surface area contributed by atoms with Crippen LogP contribution in [0.15, 0.2) is 0 Å². The van der Waals surface area contributed by atoms with Gasteiger partial charge in [0.05, 0.1) is 17.5 Å². The van der Waals surface area contributed by atoms with Crippen molar-refractivity contribution >= 4 is 17.8 Å². The first-order valence-electron chi connectivity index (χ1n) is 5.48. The van der Waals surface area contributed by atoms with Gasteiger partial charge in [-0.2, -0.15) is 0 Å². The molecule has 0 aliphatic heterocycles. The Bertz CT molecular complexity index is 363. The molecule has 0 unspecified atom stereocenters. The van der Waals surface area contributed by atoms with E-state index in [1.165, 1.54) is 13.8 Å². The highest BCUT2D eigenvalue weighted by Crippen LogP contribution is 2.47. The van der Waals surface area contributed by atoms with Gasteiger partial charge in [-0.25, -0.2) is 13.0 Å². The van der Waals surface area contributed by atoms with Gasteiger partial charge in [0.25, 0.3) is 0 Å². The van der Waals surface area contributed by atoms with E-state index < -0.39 is 35.2 Å². The maximum atomic E-state index is 12.2. The van der Waals surface area contributed by atoms with E-state index in [1.807, 2.05) is 4.49 Å². The molecule has 0 heterocycles. The minimum Gasteiger partial charge on any atom is -0.293 e. The van der Waals surface area contributed by atoms with Crippen molar-refractivity contribution in [2.75, 3.05) is 0 Å². The minimum atomic E-state index is -3.84. The van der Waals surface area contributed by atoms with E-state index >= 15 is 0 Å². The molecule has 0 bridgehead atoms. The SMILES string of the molecule is CC(C)OP(=O)(NS(=O)(=O)C(C)C)OC(C)C. The molecule has 0 aliphatic rings. The average molecular weight is 287 g/mol. The summed E-state index contributed by atoms with van der Waals surface area (Å²) in [5.74, 6) is 0. The summed E-state index contributed by atoms with van der Waals surface area (Å²) < 4.78 is 47.7. The molecule has 104 valence electrons. The molecule has 0 spiro atoms. The van der Waals surface area contributed by atoms with Crippen LogP contribution in [0.4, 0.5) is 0 Å². The molecule has 0 saturated heterocycles. The molecule has 0 atom stereocenters. The predicted molar refractivity (Wildman–Crippen MR) is 67.2 cm³/mol. The highest BCUT2D eigenvalue weighted by molar-refractivity contribution is 7.95. The molecule has 17 heavy (non-hydrogen) atoms. The molecule has 0 saturated carbocycles. The van der Waals surface area contributed by atoms with Crippen molar-refractivity contribution in [2.45, 2.75) is 59.0 Å². The lowest BCUT2D eigenvalue weighted by molar-refractivity contribution is 0.140. The zero-order chi connectivity index (χ0) is 13.9. The van der Waals surface area contributed by atoms with Gasteiger partial charge >= 0.3 is 7.75 Å². The van der Waals surface area contributed by atoms with Gasteiger partial charge in [-0.15, -0.1) is 4.49 Å². The molecule has 1 N–H and O–H groups in total. The number of nitrogens with one attached hydrogen (secondary N) is 1. The third kappa shape index (κ3) is 6.52. The molecular weight excluding hydrogens is 265 g/mol. The second-order valence-electron chi connectivity index (χ2n) is 4.49. The first-order chi connectivity index (χ1) is 7.48. The summed E-state index contributed by atoms with van der Waals surface area (Å²) in [6.07, 6.45) is -0.816. The fraction of sp³-hybridized carbons (Fsp3) is 1.00. The Labute approximate surface area is 104 Å². The molecule has 0 aromatic carbocycles. The lowest BCUT2D eigenvalue weighted by Gasteiger charge is -2.23. The molecule has 8 heteroatoms. The molecule has 0 rings (SSSR count). The van der Waals surface area contributed by atoms with E-state index in [-0.39, 0.29) is 0 Å². The van der Waals surface area contributed by atoms with E-state index in [0.29, 0.717) is 0 Å². The Morgan fingerprint density at radius 1 is 0.941 bits per heavy atom. The van der Waals surface area contributed by atoms with E-state index in [4.69, 9.17) is 9.05 Å². The Balaban J connectivity index is 5.02. The summed E-state index contributed by atoms with van der Waals surface area (Å²) in [7, 11) is -7.56. The normalized spacial score (nSPS) is 13.9. The van der Waals surface area contributed by atoms with Gasteiger partial charge in [0.2, 0.25) is 10.0 Å². The highest BCUT2D eigenvalue weighted by atomic mass is 32.2. The first kappa shape index (κ1) is 17.1. The number of sulfonamides is 1. The molecule has 0 fully saturated rings. The van der Waals surface area contributed by atoms with Crippen LogP contribution in [0.25, 0.3) is 0 Å². The predicted octanol–water partition coefficient (Wildman–Crippen LogP) is 2.27. The topological polar surface area (TPSA) is 81.7 Å². The highest BCUT2D eigenvalue weighted by Gasteiger charge is 2.34. The van der Waals surface area contributed by atoms with Gasteiger partial charge in [0, 0.05) is 0 Å². The summed E-state index contributed by atoms with van der Waals surface area (Å²) in [5.41, 5.74) is 0. The molecular formula is C9H22NO5PS. The summed E-state index contributed by atoms with van der Waals surface area (Å²) in [4.78, 5) is 0. The second kappa shape index (κ2) is 6.29. The minimum absolute atomic E-state index is 0.408. The van der Waals surface area contributed by atoms with Gasteiger partial charge < -0.3 is 0 Å². The van der Waals surface area contributed by atoms with Crippen molar-refractivity contribution in [2.24, 2.45) is 0 Å². The van der Waals surface area contributed by atoms with Crippen LogP contribution in [-0.2, 0) is 23.6 Å². The quantitative estimate of drug-likeness (QED) is 0.726. The van der Waals surface area contributed by atoms with Gasteiger partial charge in [-0.1, -0.05) is 0 Å². The van der Waals surface area contributed by atoms with Crippen molar-refractivity contribution in [3.63, 3.8) is 0 Å². The van der Waals surface area contributed by atoms with Crippen molar-refractivity contribution in [3.05, 3.63) is 0 Å². The van der Waals surface area contributed by atoms with Crippen LogP contribution in [0.3, 0.4) is 0 Å². The maximum absolute atomic E-state index is 12.2. The number of hydrogen-bond donors (Lipinski definition) is 1. The molecule has 0 aromatic heterocycles. The van der Waals surface area contributed by atoms with Gasteiger partial charge in [0.15, 0.2) is 0 Å². The van der Waals surface area contributed by atoms with Crippen LogP contribution in [-0.4, -0.2) is 25.9 Å². The number of rotatable bonds is 7. The van der Waals surface area contributed by atoms with Crippen molar-refractivity contribution < 1.29 is 22.0 Å². The van der Waals surface area contributed by atoms with E-state index in [1.54, 1.807) is 27.7 Å². The fourth-order valence-electron chi connectivity index (χ4n) is 0.884. The van der Waals surface area contributed by atoms with Crippen molar-refractivity contribution in [1.29, 1.82) is 0 Å². The van der Waals surface area contributed by atoms with Crippen LogP contribution >= 0.6 is 7.75 Å². The maximum Gasteiger partial charge on any atom is 0.419 e. The molecule has 0 aliphatic carbocycles. The van der Waals surface area contributed by atoms with Crippen LogP contribution < -0.4 is 4.49 Å². The summed E-state index contributed by atoms with van der Waals surface area (Å²) in [6, 6.07) is 0. The van der Waals surface area contributed by atoms with Crippen LogP contribution in [0.2, 0.25) is 0 Å². The largest absolute Gasteiger partial charge is 0.419 e. The summed E-state index contributed by atoms with van der Waals surface area (Å²) >= 11 is 0. The first-order valence-corrected chi connectivity index (χ1v) is 8.57. The second-order valence-corrected chi connectivity index (χ2v) is 8.67. The monoisotopic (exact) mass is 287 g/mol. The van der Waals surface area contributed by atoms with Crippen LogP contribution in [0, 0.1) is 0 Å². The van der Waals surface area contributed by atoms with Gasteiger partial charge in [-0.05, 0) is 41.5 Å². The third-order valence-electron chi connectivity index (χ3n) is 1.56. The zero-order valence-corrected chi connectivity index (χ0v) is 12.8. The summed E-state index contributed by atoms with van der Waals surface area (Å²) in [5, 5.41) is -0.706. The van der Waals surface area contributed by atoms with E-state index in [0.717, 1.165) is 0 Å². The molecule has 6 nitrogen and oxygen atoms in total. The van der Waals surface area contributed by atoms with Gasteiger partial charge in [0.1, 0.15) is 0 Å². The Hall–Kier alpha value is 0.0600. The summed E-state index contributed by atoms with van der Waals surface area (Å²) in [6.45, 7) is 9.58. The molecule has 0 aromatic rings. The lowest BCUT2D eigenvalue weighted by atomic mass is 10.5. The zero-order valence-electron chi connectivity index (χ0n) is 11.1. The van der Waals surface area contributed by atoms with Crippen molar-refractivity contribution in [3.8, 4) is 0 Å². The smallest absolute Gasteiger partial charge is 0.293 e. The Morgan fingerprint density at radius 2 is 1.29 bits per heavy atom. The molecule has 0 amide bonds. The molecule has 0 radical (unpaired) electrons. The van der Waals surface area contributed by atoms with Crippen molar-refractivity contribution in [1.82, 2.24) is 4.49 Å². The van der Waals surface area contributed by atoms with E-state index in [2.05, 4.69) is 0 Å².